The van der Waals surface area contributed by atoms with Crippen molar-refractivity contribution < 1.29 is 52.8 Å². The summed E-state index contributed by atoms with van der Waals surface area (Å²) in [6, 6.07) is 2.52. The standard InChI is InChI=1S/C49H70ClN7O11S3/c1-29-12-11-13-39(65-8)49(63)24-38(66-47(62)51-49)30(2)45-48(4,68-45)40(23-42(59)55(6)35-21-33(20-29)22-37(64-7)44(35)50)67-46(61)31(3)54(5)41(58)16-19-71-28-43(60)56-17-14-32(15-18-56)25-57-36(27-70-10)34(26-69-9)52-53-57/h11-13,21-22,30-32,38-40,45,63H,14-20,23-28H2,1-10H3,(H,51,62)/b13-11+,29-12+/t30-,31+,38+,39-,40+,45+,48+,49+/m1/s1. The predicted molar refractivity (Wildman–Crippen MR) is 277 cm³/mol. The third kappa shape index (κ3) is 13.6. The second-order valence-electron chi connectivity index (χ2n) is 19.1. The van der Waals surface area contributed by atoms with Gasteiger partial charge in [-0.3, -0.25) is 19.7 Å². The largest absolute Gasteiger partial charge is 0.495 e. The van der Waals surface area contributed by atoms with Crippen LogP contribution in [0.15, 0.2) is 35.9 Å². The smallest absolute Gasteiger partial charge is 0.409 e. The first-order chi connectivity index (χ1) is 33.8. The number of thioether (sulfide) groups is 3. The van der Waals surface area contributed by atoms with Crippen LogP contribution < -0.4 is 15.0 Å². The van der Waals surface area contributed by atoms with E-state index in [9.17, 15) is 29.1 Å². The van der Waals surface area contributed by atoms with E-state index >= 15 is 0 Å². The number of rotatable bonds is 16. The van der Waals surface area contributed by atoms with Crippen LogP contribution in [0.4, 0.5) is 10.5 Å². The number of hydrogen-bond donors (Lipinski definition) is 2. The molecule has 71 heavy (non-hydrogen) atoms. The van der Waals surface area contributed by atoms with E-state index in [1.807, 2.05) is 22.6 Å². The van der Waals surface area contributed by atoms with Gasteiger partial charge in [0, 0.05) is 76.9 Å². The maximum atomic E-state index is 14.4. The number of amides is 4. The lowest BCUT2D eigenvalue weighted by Gasteiger charge is -2.42. The van der Waals surface area contributed by atoms with Crippen LogP contribution in [0.25, 0.3) is 0 Å². The summed E-state index contributed by atoms with van der Waals surface area (Å²) >= 11 is 11.7. The van der Waals surface area contributed by atoms with Crippen LogP contribution in [-0.4, -0.2) is 167 Å². The molecule has 5 heterocycles. The number of carbonyl (C=O) groups excluding carboxylic acids is 5. The number of likely N-dealkylation sites (tertiary alicyclic amines) is 1. The molecular weight excluding hydrogens is 994 g/mol. The highest BCUT2D eigenvalue weighted by molar-refractivity contribution is 8.00. The summed E-state index contributed by atoms with van der Waals surface area (Å²) in [6.45, 7) is 9.09. The topological polar surface area (TPSA) is 207 Å². The number of nitrogens with one attached hydrogen (secondary N) is 1. The summed E-state index contributed by atoms with van der Waals surface area (Å²) in [5, 5.41) is 23.5. The molecule has 18 nitrogen and oxygen atoms in total. The third-order valence-corrected chi connectivity index (χ3v) is 16.5. The number of halogens is 1. The Labute approximate surface area is 435 Å². The fourth-order valence-electron chi connectivity index (χ4n) is 9.47. The van der Waals surface area contributed by atoms with E-state index in [2.05, 4.69) is 28.1 Å². The Morgan fingerprint density at radius 2 is 1.85 bits per heavy atom. The number of anilines is 1. The zero-order valence-corrected chi connectivity index (χ0v) is 45.6. The summed E-state index contributed by atoms with van der Waals surface area (Å²) in [5.74, 6) is 0.987. The van der Waals surface area contributed by atoms with Gasteiger partial charge >= 0.3 is 12.1 Å². The number of likely N-dealkylation sites (N-methyl/N-ethyl adjacent to an activating group) is 1. The van der Waals surface area contributed by atoms with Crippen LogP contribution in [0.2, 0.25) is 5.02 Å². The van der Waals surface area contributed by atoms with Crippen LogP contribution in [0.5, 0.6) is 5.75 Å². The molecule has 0 radical (unpaired) electrons. The molecule has 8 atom stereocenters. The van der Waals surface area contributed by atoms with Crippen molar-refractivity contribution in [3.63, 3.8) is 0 Å². The number of methoxy groups -OCH3 is 2. The van der Waals surface area contributed by atoms with Crippen molar-refractivity contribution in [2.75, 3.05) is 70.3 Å². The number of aliphatic hydroxyl groups is 1. The summed E-state index contributed by atoms with van der Waals surface area (Å²) < 4.78 is 31.6. The van der Waals surface area contributed by atoms with Crippen LogP contribution in [0.3, 0.4) is 0 Å². The van der Waals surface area contributed by atoms with Crippen molar-refractivity contribution in [2.24, 2.45) is 11.8 Å². The van der Waals surface area contributed by atoms with Crippen LogP contribution in [-0.2, 0) is 62.6 Å². The highest BCUT2D eigenvalue weighted by Gasteiger charge is 2.64. The van der Waals surface area contributed by atoms with Gasteiger partial charge < -0.3 is 43.5 Å². The van der Waals surface area contributed by atoms with Gasteiger partial charge in [-0.15, -0.1) is 5.10 Å². The van der Waals surface area contributed by atoms with Gasteiger partial charge in [-0.2, -0.15) is 35.3 Å². The Morgan fingerprint density at radius 1 is 1.13 bits per heavy atom. The van der Waals surface area contributed by atoms with E-state index in [4.69, 9.17) is 35.3 Å². The number of benzene rings is 1. The number of ether oxygens (including phenoxy) is 5. The first-order valence-electron chi connectivity index (χ1n) is 23.9. The molecule has 1 aromatic carbocycles. The van der Waals surface area contributed by atoms with Gasteiger partial charge in [0.15, 0.2) is 5.72 Å². The van der Waals surface area contributed by atoms with E-state index in [-0.39, 0.29) is 41.9 Å². The Morgan fingerprint density at radius 3 is 2.52 bits per heavy atom. The molecule has 2 aromatic rings. The number of fused-ring (bicyclic) bond motifs is 5. The molecule has 4 aliphatic rings. The number of carbonyl (C=O) groups is 5. The highest BCUT2D eigenvalue weighted by atomic mass is 35.5. The molecule has 4 bridgehead atoms. The fourth-order valence-corrected chi connectivity index (χ4v) is 11.7. The monoisotopic (exact) mass is 1060 g/mol. The van der Waals surface area contributed by atoms with E-state index in [0.29, 0.717) is 42.6 Å². The van der Waals surface area contributed by atoms with E-state index in [1.54, 1.807) is 75.6 Å². The zero-order valence-electron chi connectivity index (χ0n) is 42.4. The number of epoxide rings is 1. The lowest BCUT2D eigenvalue weighted by atomic mass is 9.83. The summed E-state index contributed by atoms with van der Waals surface area (Å²) in [5.41, 5.74) is 1.18. The molecule has 0 saturated carbocycles. The summed E-state index contributed by atoms with van der Waals surface area (Å²) in [6.07, 6.45) is 6.68. The second-order valence-corrected chi connectivity index (χ2v) is 22.3. The van der Waals surface area contributed by atoms with Gasteiger partial charge in [-0.1, -0.05) is 47.5 Å². The van der Waals surface area contributed by atoms with Crippen LogP contribution in [0.1, 0.15) is 76.8 Å². The van der Waals surface area contributed by atoms with Crippen molar-refractivity contribution >= 4 is 82.4 Å². The van der Waals surface area contributed by atoms with Gasteiger partial charge in [-0.05, 0) is 76.2 Å². The molecule has 2 N–H and O–H groups in total. The maximum absolute atomic E-state index is 14.4. The normalized spacial score (nSPS) is 27.9. The molecule has 1 aromatic heterocycles. The Kier molecular flexibility index (Phi) is 19.7. The summed E-state index contributed by atoms with van der Waals surface area (Å²) in [7, 11) is 6.01. The molecular formula is C49H70ClN7O11S3. The minimum absolute atomic E-state index is 0.0308. The van der Waals surface area contributed by atoms with Crippen LogP contribution in [0, 0.1) is 11.8 Å². The number of nitrogens with zero attached hydrogens (tertiary/aromatic N) is 6. The predicted octanol–water partition coefficient (Wildman–Crippen LogP) is 5.89. The molecule has 22 heteroatoms. The van der Waals surface area contributed by atoms with E-state index in [1.165, 1.54) is 48.5 Å². The van der Waals surface area contributed by atoms with Gasteiger partial charge in [0.25, 0.3) is 0 Å². The third-order valence-electron chi connectivity index (χ3n) is 14.1. The molecule has 6 rings (SSSR count). The maximum Gasteiger partial charge on any atom is 0.409 e. The van der Waals surface area contributed by atoms with Crippen molar-refractivity contribution in [1.29, 1.82) is 0 Å². The lowest BCUT2D eigenvalue weighted by Crippen LogP contribution is -2.63. The molecule has 4 amide bonds. The molecule has 0 aliphatic carbocycles. The van der Waals surface area contributed by atoms with Crippen molar-refractivity contribution in [1.82, 2.24) is 30.1 Å². The molecule has 0 spiro atoms. The number of hydrogen-bond acceptors (Lipinski definition) is 16. The molecule has 3 fully saturated rings. The summed E-state index contributed by atoms with van der Waals surface area (Å²) in [4.78, 5) is 72.8. The Balaban J connectivity index is 1.10. The number of alkyl carbamates (subject to hydrolysis) is 1. The molecule has 4 aliphatic heterocycles. The van der Waals surface area contributed by atoms with Gasteiger partial charge in [0.2, 0.25) is 17.7 Å². The number of esters is 1. The highest BCUT2D eigenvalue weighted by Crippen LogP contribution is 2.49. The SMILES string of the molecule is COc1cc2cc(c1Cl)N(C)C(=O)C[C@H](OC(=O)[C@H](C)N(C)C(=O)CCSCC(=O)N1CCC(Cn3nnc(CSC)c3CSC)CC1)[C@]1(C)O[C@H]1[C@H](C)[C@@H]1C[C@@](O)(NC(=O)O1)[C@H](OC)/C=C/C=C(\C)C2. The Bertz CT molecular complexity index is 2310. The first kappa shape index (κ1) is 56.3. The average molecular weight is 1060 g/mol. The van der Waals surface area contributed by atoms with Crippen molar-refractivity contribution in [2.45, 2.75) is 126 Å². The number of aromatic nitrogens is 3. The van der Waals surface area contributed by atoms with E-state index < -0.39 is 65.7 Å². The average Bonchev–Trinajstić information content (AvgIpc) is 3.91. The molecule has 0 unspecified atom stereocenters. The van der Waals surface area contributed by atoms with E-state index in [0.717, 1.165) is 47.7 Å². The van der Waals surface area contributed by atoms with Gasteiger partial charge in [0.05, 0.1) is 42.5 Å². The van der Waals surface area contributed by atoms with Gasteiger partial charge in [0.1, 0.15) is 40.7 Å². The minimum atomic E-state index is -1.85. The van der Waals surface area contributed by atoms with Crippen LogP contribution >= 0.6 is 46.9 Å². The Hall–Kier alpha value is -3.99. The fraction of sp³-hybridized carbons (Fsp3) is 0.653. The minimum Gasteiger partial charge on any atom is -0.495 e. The van der Waals surface area contributed by atoms with Crippen molar-refractivity contribution in [3.8, 4) is 5.75 Å². The number of piperidine rings is 1. The van der Waals surface area contributed by atoms with Crippen molar-refractivity contribution in [3.05, 3.63) is 57.9 Å². The van der Waals surface area contributed by atoms with Gasteiger partial charge in [-0.25, -0.2) is 14.3 Å². The number of allylic oxidation sites excluding steroid dienone is 3. The second kappa shape index (κ2) is 24.8. The zero-order chi connectivity index (χ0) is 51.8. The lowest BCUT2D eigenvalue weighted by molar-refractivity contribution is -0.162. The molecule has 3 saturated heterocycles. The quantitative estimate of drug-likeness (QED) is 0.114. The molecule has 392 valence electrons. The first-order valence-corrected chi connectivity index (χ1v) is 28.2.